The molecule has 1 saturated heterocycles. The fraction of sp³-hybridized carbons (Fsp3) is 0.600. The van der Waals surface area contributed by atoms with Gasteiger partial charge in [-0.15, -0.1) is 0 Å². The zero-order valence-electron chi connectivity index (χ0n) is 16.3. The molecule has 154 valence electrons. The highest BCUT2D eigenvalue weighted by Crippen LogP contribution is 2.31. The maximum absolute atomic E-state index is 13.8. The number of hydrogen-bond donors (Lipinski definition) is 2. The Hall–Kier alpha value is -2.22. The molecule has 1 heterocycles. The van der Waals surface area contributed by atoms with Gasteiger partial charge in [0.25, 0.3) is 0 Å². The minimum absolute atomic E-state index is 0.0577. The number of nitrogens with one attached hydrogen (secondary N) is 2. The molecule has 0 aromatic heterocycles. The molecule has 8 heteroatoms. The van der Waals surface area contributed by atoms with Gasteiger partial charge in [0.05, 0.1) is 5.69 Å². The fourth-order valence-electron chi connectivity index (χ4n) is 4.08. The number of halogens is 2. The average Bonchev–Trinajstić information content (AvgIpc) is 2.70. The number of amides is 3. The summed E-state index contributed by atoms with van der Waals surface area (Å²) in [4.78, 5) is 30.0. The molecule has 0 spiro atoms. The first-order valence-corrected chi connectivity index (χ1v) is 9.99. The Labute approximate surface area is 164 Å². The summed E-state index contributed by atoms with van der Waals surface area (Å²) in [6.07, 6.45) is 3.87. The Kier molecular flexibility index (Phi) is 6.49. The van der Waals surface area contributed by atoms with E-state index in [9.17, 15) is 18.4 Å². The van der Waals surface area contributed by atoms with Gasteiger partial charge in [0.2, 0.25) is 5.91 Å². The van der Waals surface area contributed by atoms with E-state index in [0.29, 0.717) is 32.0 Å². The molecule has 6 nitrogen and oxygen atoms in total. The summed E-state index contributed by atoms with van der Waals surface area (Å²) in [5.74, 6) is -1.62. The van der Waals surface area contributed by atoms with Crippen molar-refractivity contribution in [1.29, 1.82) is 0 Å². The largest absolute Gasteiger partial charge is 0.338 e. The van der Waals surface area contributed by atoms with E-state index < -0.39 is 23.2 Å². The van der Waals surface area contributed by atoms with Crippen LogP contribution in [0.2, 0.25) is 0 Å². The molecule has 1 aliphatic heterocycles. The highest BCUT2D eigenvalue weighted by Gasteiger charge is 2.44. The number of rotatable bonds is 4. The van der Waals surface area contributed by atoms with E-state index in [1.807, 2.05) is 4.90 Å². The van der Waals surface area contributed by atoms with Crippen molar-refractivity contribution in [2.45, 2.75) is 44.6 Å². The summed E-state index contributed by atoms with van der Waals surface area (Å²) >= 11 is 0. The molecule has 2 N–H and O–H groups in total. The number of nitrogens with zero attached hydrogens (tertiary/aromatic N) is 2. The SMILES string of the molecule is CCN1CCN(C(=O)C2(NC(=O)Nc3ccc(F)cc3F)CCCCC2)CC1. The van der Waals surface area contributed by atoms with Crippen molar-refractivity contribution in [3.8, 4) is 0 Å². The number of carbonyl (C=O) groups is 2. The molecule has 0 unspecified atom stereocenters. The van der Waals surface area contributed by atoms with Gasteiger partial charge in [-0.25, -0.2) is 13.6 Å². The zero-order chi connectivity index (χ0) is 20.1. The number of benzene rings is 1. The predicted octanol–water partition coefficient (Wildman–Crippen LogP) is 2.95. The molecular weight excluding hydrogens is 366 g/mol. The fourth-order valence-corrected chi connectivity index (χ4v) is 4.08. The van der Waals surface area contributed by atoms with E-state index in [-0.39, 0.29) is 11.6 Å². The van der Waals surface area contributed by atoms with E-state index in [2.05, 4.69) is 22.5 Å². The van der Waals surface area contributed by atoms with Crippen molar-refractivity contribution in [3.05, 3.63) is 29.8 Å². The molecule has 0 bridgehead atoms. The molecule has 0 atom stereocenters. The van der Waals surface area contributed by atoms with Gasteiger partial charge in [-0.2, -0.15) is 0 Å². The Morgan fingerprint density at radius 1 is 1.07 bits per heavy atom. The Bertz CT molecular complexity index is 714. The van der Waals surface area contributed by atoms with Crippen LogP contribution in [0.1, 0.15) is 39.0 Å². The molecule has 3 rings (SSSR count). The molecule has 1 saturated carbocycles. The number of carbonyl (C=O) groups excluding carboxylic acids is 2. The highest BCUT2D eigenvalue weighted by atomic mass is 19.1. The lowest BCUT2D eigenvalue weighted by atomic mass is 9.80. The molecular formula is C20H28F2N4O2. The second-order valence-electron chi connectivity index (χ2n) is 7.57. The first-order chi connectivity index (χ1) is 13.4. The average molecular weight is 394 g/mol. The van der Waals surface area contributed by atoms with Crippen LogP contribution in [0, 0.1) is 11.6 Å². The lowest BCUT2D eigenvalue weighted by molar-refractivity contribution is -0.141. The summed E-state index contributed by atoms with van der Waals surface area (Å²) in [6.45, 7) is 5.99. The van der Waals surface area contributed by atoms with Gasteiger partial charge in [-0.05, 0) is 31.5 Å². The van der Waals surface area contributed by atoms with Crippen LogP contribution in [0.4, 0.5) is 19.3 Å². The normalized spacial score (nSPS) is 19.9. The summed E-state index contributed by atoms with van der Waals surface area (Å²) in [7, 11) is 0. The van der Waals surface area contributed by atoms with E-state index in [0.717, 1.165) is 45.0 Å². The van der Waals surface area contributed by atoms with E-state index in [1.54, 1.807) is 0 Å². The van der Waals surface area contributed by atoms with Gasteiger partial charge in [0.15, 0.2) is 0 Å². The van der Waals surface area contributed by atoms with Crippen LogP contribution in [0.3, 0.4) is 0 Å². The van der Waals surface area contributed by atoms with Crippen molar-refractivity contribution in [2.75, 3.05) is 38.0 Å². The second kappa shape index (κ2) is 8.86. The van der Waals surface area contributed by atoms with Gasteiger partial charge in [-0.1, -0.05) is 26.2 Å². The van der Waals surface area contributed by atoms with Crippen molar-refractivity contribution >= 4 is 17.6 Å². The maximum atomic E-state index is 13.8. The van der Waals surface area contributed by atoms with Gasteiger partial charge in [-0.3, -0.25) is 4.79 Å². The third-order valence-corrected chi connectivity index (χ3v) is 5.76. The monoisotopic (exact) mass is 394 g/mol. The van der Waals surface area contributed by atoms with E-state index in [1.165, 1.54) is 6.07 Å². The van der Waals surface area contributed by atoms with Crippen LogP contribution in [0.15, 0.2) is 18.2 Å². The molecule has 1 aliphatic carbocycles. The van der Waals surface area contributed by atoms with Crippen LogP contribution >= 0.6 is 0 Å². The number of piperazine rings is 1. The summed E-state index contributed by atoms with van der Waals surface area (Å²) in [6, 6.07) is 2.31. The number of anilines is 1. The van der Waals surface area contributed by atoms with Crippen LogP contribution in [0.5, 0.6) is 0 Å². The van der Waals surface area contributed by atoms with Gasteiger partial charge in [0, 0.05) is 32.2 Å². The summed E-state index contributed by atoms with van der Waals surface area (Å²) in [5, 5.41) is 5.24. The third kappa shape index (κ3) is 4.60. The maximum Gasteiger partial charge on any atom is 0.320 e. The standard InChI is InChI=1S/C20H28F2N4O2/c1-2-25-10-12-26(13-11-25)18(27)20(8-4-3-5-9-20)24-19(28)23-17-7-6-15(21)14-16(17)22/h6-7,14H,2-5,8-13H2,1H3,(H2,23,24,28). The van der Waals surface area contributed by atoms with E-state index in [4.69, 9.17) is 0 Å². The molecule has 1 aromatic rings. The van der Waals surface area contributed by atoms with Gasteiger partial charge >= 0.3 is 6.03 Å². The van der Waals surface area contributed by atoms with Crippen molar-refractivity contribution in [2.24, 2.45) is 0 Å². The Morgan fingerprint density at radius 3 is 2.36 bits per heavy atom. The van der Waals surface area contributed by atoms with Crippen molar-refractivity contribution in [3.63, 3.8) is 0 Å². The molecule has 1 aromatic carbocycles. The number of likely N-dealkylation sites (N-methyl/N-ethyl adjacent to an activating group) is 1. The van der Waals surface area contributed by atoms with Gasteiger partial charge in [0.1, 0.15) is 17.2 Å². The Morgan fingerprint density at radius 2 is 1.75 bits per heavy atom. The van der Waals surface area contributed by atoms with E-state index >= 15 is 0 Å². The summed E-state index contributed by atoms with van der Waals surface area (Å²) < 4.78 is 26.9. The second-order valence-corrected chi connectivity index (χ2v) is 7.57. The van der Waals surface area contributed by atoms with Crippen LogP contribution in [-0.4, -0.2) is 60.0 Å². The molecule has 3 amide bonds. The molecule has 2 fully saturated rings. The van der Waals surface area contributed by atoms with Crippen LogP contribution in [-0.2, 0) is 4.79 Å². The quantitative estimate of drug-likeness (QED) is 0.825. The minimum atomic E-state index is -0.965. The molecule has 28 heavy (non-hydrogen) atoms. The van der Waals surface area contributed by atoms with Crippen LogP contribution < -0.4 is 10.6 Å². The lowest BCUT2D eigenvalue weighted by Gasteiger charge is -2.43. The lowest BCUT2D eigenvalue weighted by Crippen LogP contribution is -2.63. The summed E-state index contributed by atoms with van der Waals surface area (Å²) in [5.41, 5.74) is -1.08. The smallest absolute Gasteiger partial charge is 0.320 e. The van der Waals surface area contributed by atoms with Crippen LogP contribution in [0.25, 0.3) is 0 Å². The molecule has 2 aliphatic rings. The van der Waals surface area contributed by atoms with Gasteiger partial charge < -0.3 is 20.4 Å². The topological polar surface area (TPSA) is 64.7 Å². The first kappa shape index (κ1) is 20.5. The van der Waals surface area contributed by atoms with Crippen molar-refractivity contribution in [1.82, 2.24) is 15.1 Å². The number of urea groups is 1. The Balaban J connectivity index is 1.70. The third-order valence-electron chi connectivity index (χ3n) is 5.76. The number of hydrogen-bond acceptors (Lipinski definition) is 3. The minimum Gasteiger partial charge on any atom is -0.338 e. The predicted molar refractivity (Wildman–Crippen MR) is 103 cm³/mol. The highest BCUT2D eigenvalue weighted by molar-refractivity contribution is 5.96. The first-order valence-electron chi connectivity index (χ1n) is 9.99. The van der Waals surface area contributed by atoms with Crippen molar-refractivity contribution < 1.29 is 18.4 Å². The molecule has 0 radical (unpaired) electrons. The zero-order valence-corrected chi connectivity index (χ0v) is 16.3.